The Morgan fingerprint density at radius 1 is 1.50 bits per heavy atom. The third kappa shape index (κ3) is 4.81. The van der Waals surface area contributed by atoms with Crippen molar-refractivity contribution < 1.29 is 14.7 Å². The summed E-state index contributed by atoms with van der Waals surface area (Å²) in [6.07, 6.45) is 0.0352. The highest BCUT2D eigenvalue weighted by Gasteiger charge is 2.15. The molecule has 82 valence electrons. The number of likely N-dealkylation sites (N-methyl/N-ethyl adjacent to an activating group) is 1. The van der Waals surface area contributed by atoms with Gasteiger partial charge in [0.2, 0.25) is 5.91 Å². The molecule has 0 aliphatic heterocycles. The number of nitrogens with zero attached hydrogens (tertiary/aromatic N) is 1. The maximum absolute atomic E-state index is 11.5. The highest BCUT2D eigenvalue weighted by atomic mass is 16.4. The van der Waals surface area contributed by atoms with E-state index in [1.54, 1.807) is 18.9 Å². The van der Waals surface area contributed by atoms with E-state index in [1.807, 2.05) is 6.92 Å². The molecule has 0 saturated heterocycles. The molecule has 0 aromatic rings. The number of carboxylic acid groups (broad SMARTS) is 1. The lowest BCUT2D eigenvalue weighted by molar-refractivity contribution is -0.137. The second-order valence-corrected chi connectivity index (χ2v) is 3.17. The van der Waals surface area contributed by atoms with Crippen LogP contribution in [0.25, 0.3) is 0 Å². The molecule has 0 saturated carbocycles. The lowest BCUT2D eigenvalue weighted by Crippen LogP contribution is -2.43. The van der Waals surface area contributed by atoms with Crippen molar-refractivity contribution in [1.29, 1.82) is 0 Å². The Hall–Kier alpha value is -1.10. The van der Waals surface area contributed by atoms with Gasteiger partial charge in [-0.05, 0) is 13.8 Å². The van der Waals surface area contributed by atoms with E-state index in [0.717, 1.165) is 0 Å². The average molecular weight is 202 g/mol. The summed E-state index contributed by atoms with van der Waals surface area (Å²) >= 11 is 0. The Kier molecular flexibility index (Phi) is 5.87. The minimum absolute atomic E-state index is 0.0158. The van der Waals surface area contributed by atoms with Gasteiger partial charge in [-0.25, -0.2) is 0 Å². The average Bonchev–Trinajstić information content (AvgIpc) is 2.14. The van der Waals surface area contributed by atoms with Gasteiger partial charge < -0.3 is 15.3 Å². The van der Waals surface area contributed by atoms with Crippen LogP contribution < -0.4 is 5.32 Å². The number of aliphatic carboxylic acids is 1. The van der Waals surface area contributed by atoms with Crippen LogP contribution in [-0.2, 0) is 9.59 Å². The fourth-order valence-corrected chi connectivity index (χ4v) is 0.969. The Labute approximate surface area is 84.1 Å². The molecule has 0 bridgehead atoms. The molecule has 0 aliphatic carbocycles. The minimum Gasteiger partial charge on any atom is -0.481 e. The Morgan fingerprint density at radius 2 is 2.07 bits per heavy atom. The molecule has 0 heterocycles. The zero-order chi connectivity index (χ0) is 11.1. The lowest BCUT2D eigenvalue weighted by atomic mass is 10.3. The van der Waals surface area contributed by atoms with E-state index in [0.29, 0.717) is 13.1 Å². The first-order valence-electron chi connectivity index (χ1n) is 4.69. The number of hydrogen-bond donors (Lipinski definition) is 2. The third-order valence-corrected chi connectivity index (χ3v) is 2.01. The van der Waals surface area contributed by atoms with Gasteiger partial charge in [0.25, 0.3) is 0 Å². The minimum atomic E-state index is -0.860. The van der Waals surface area contributed by atoms with Crippen molar-refractivity contribution >= 4 is 11.9 Å². The number of hydrogen-bond acceptors (Lipinski definition) is 3. The molecule has 1 atom stereocenters. The van der Waals surface area contributed by atoms with E-state index >= 15 is 0 Å². The highest BCUT2D eigenvalue weighted by Crippen LogP contribution is 1.91. The van der Waals surface area contributed by atoms with Crippen LogP contribution >= 0.6 is 0 Å². The Morgan fingerprint density at radius 3 is 2.50 bits per heavy atom. The van der Waals surface area contributed by atoms with Crippen LogP contribution in [0.5, 0.6) is 0 Å². The smallest absolute Gasteiger partial charge is 0.304 e. The van der Waals surface area contributed by atoms with Crippen molar-refractivity contribution in [2.45, 2.75) is 26.3 Å². The molecule has 14 heavy (non-hydrogen) atoms. The number of carbonyl (C=O) groups excluding carboxylic acids is 1. The van der Waals surface area contributed by atoms with E-state index in [9.17, 15) is 9.59 Å². The van der Waals surface area contributed by atoms with Gasteiger partial charge in [-0.3, -0.25) is 9.59 Å². The molecule has 5 nitrogen and oxygen atoms in total. The summed E-state index contributed by atoms with van der Waals surface area (Å²) < 4.78 is 0. The topological polar surface area (TPSA) is 69.6 Å². The normalized spacial score (nSPS) is 12.2. The molecule has 0 aliphatic rings. The maximum Gasteiger partial charge on any atom is 0.304 e. The SMILES string of the molecule is CCN(C)C(=O)C(C)NCCC(=O)O. The summed E-state index contributed by atoms with van der Waals surface area (Å²) in [4.78, 5) is 23.3. The summed E-state index contributed by atoms with van der Waals surface area (Å²) in [6, 6.07) is -0.320. The van der Waals surface area contributed by atoms with E-state index in [4.69, 9.17) is 5.11 Å². The molecular formula is C9H18N2O3. The van der Waals surface area contributed by atoms with E-state index in [-0.39, 0.29) is 18.4 Å². The van der Waals surface area contributed by atoms with Crippen molar-refractivity contribution in [3.63, 3.8) is 0 Å². The van der Waals surface area contributed by atoms with Crippen LogP contribution in [0, 0.1) is 0 Å². The zero-order valence-electron chi connectivity index (χ0n) is 8.91. The molecular weight excluding hydrogens is 184 g/mol. The second kappa shape index (κ2) is 6.37. The molecule has 0 aromatic heterocycles. The van der Waals surface area contributed by atoms with Gasteiger partial charge in [0.1, 0.15) is 0 Å². The van der Waals surface area contributed by atoms with Crippen molar-refractivity contribution in [3.8, 4) is 0 Å². The summed E-state index contributed by atoms with van der Waals surface area (Å²) in [7, 11) is 1.72. The summed E-state index contributed by atoms with van der Waals surface area (Å²) in [5.74, 6) is -0.876. The molecule has 1 amide bonds. The largest absolute Gasteiger partial charge is 0.481 e. The molecule has 0 radical (unpaired) electrons. The number of rotatable bonds is 6. The van der Waals surface area contributed by atoms with Crippen LogP contribution in [0.3, 0.4) is 0 Å². The van der Waals surface area contributed by atoms with Gasteiger partial charge in [0.05, 0.1) is 12.5 Å². The number of amides is 1. The second-order valence-electron chi connectivity index (χ2n) is 3.17. The van der Waals surface area contributed by atoms with Crippen LogP contribution in [0.4, 0.5) is 0 Å². The molecule has 0 spiro atoms. The van der Waals surface area contributed by atoms with Gasteiger partial charge in [0.15, 0.2) is 0 Å². The van der Waals surface area contributed by atoms with E-state index < -0.39 is 5.97 Å². The number of nitrogens with one attached hydrogen (secondary N) is 1. The summed E-state index contributed by atoms with van der Waals surface area (Å²) in [5, 5.41) is 11.2. The van der Waals surface area contributed by atoms with Crippen LogP contribution in [0.2, 0.25) is 0 Å². The first-order chi connectivity index (χ1) is 6.49. The van der Waals surface area contributed by atoms with Gasteiger partial charge >= 0.3 is 5.97 Å². The highest BCUT2D eigenvalue weighted by molar-refractivity contribution is 5.81. The molecule has 2 N–H and O–H groups in total. The fourth-order valence-electron chi connectivity index (χ4n) is 0.969. The molecule has 0 aromatic carbocycles. The molecule has 1 unspecified atom stereocenters. The molecule has 5 heteroatoms. The van der Waals surface area contributed by atoms with Gasteiger partial charge in [-0.2, -0.15) is 0 Å². The molecule has 0 rings (SSSR count). The number of carboxylic acids is 1. The first-order valence-corrected chi connectivity index (χ1v) is 4.69. The Bertz CT molecular complexity index is 206. The fraction of sp³-hybridized carbons (Fsp3) is 0.778. The van der Waals surface area contributed by atoms with E-state index in [2.05, 4.69) is 5.32 Å². The van der Waals surface area contributed by atoms with Crippen molar-refractivity contribution in [1.82, 2.24) is 10.2 Å². The summed E-state index contributed by atoms with van der Waals surface area (Å²) in [5.41, 5.74) is 0. The zero-order valence-corrected chi connectivity index (χ0v) is 8.91. The van der Waals surface area contributed by atoms with Gasteiger partial charge in [-0.15, -0.1) is 0 Å². The van der Waals surface area contributed by atoms with Crippen molar-refractivity contribution in [2.75, 3.05) is 20.1 Å². The Balaban J connectivity index is 3.78. The van der Waals surface area contributed by atoms with Crippen LogP contribution in [0.1, 0.15) is 20.3 Å². The predicted octanol–water partition coefficient (Wildman–Crippen LogP) is -0.0825. The number of carbonyl (C=O) groups is 2. The monoisotopic (exact) mass is 202 g/mol. The standard InChI is InChI=1S/C9H18N2O3/c1-4-11(3)9(14)7(2)10-6-5-8(12)13/h7,10H,4-6H2,1-3H3,(H,12,13). The summed E-state index contributed by atoms with van der Waals surface area (Å²) in [6.45, 7) is 4.60. The molecule has 0 fully saturated rings. The third-order valence-electron chi connectivity index (χ3n) is 2.01. The van der Waals surface area contributed by atoms with Crippen LogP contribution in [0.15, 0.2) is 0 Å². The van der Waals surface area contributed by atoms with Crippen LogP contribution in [-0.4, -0.2) is 48.1 Å². The quantitative estimate of drug-likeness (QED) is 0.632. The van der Waals surface area contributed by atoms with Crippen molar-refractivity contribution in [3.05, 3.63) is 0 Å². The van der Waals surface area contributed by atoms with E-state index in [1.165, 1.54) is 0 Å². The van der Waals surface area contributed by atoms with Crippen molar-refractivity contribution in [2.24, 2.45) is 0 Å². The first kappa shape index (κ1) is 12.9. The van der Waals surface area contributed by atoms with Gasteiger partial charge in [0, 0.05) is 20.1 Å². The maximum atomic E-state index is 11.5. The van der Waals surface area contributed by atoms with Gasteiger partial charge in [-0.1, -0.05) is 0 Å². The predicted molar refractivity (Wildman–Crippen MR) is 53.0 cm³/mol. The lowest BCUT2D eigenvalue weighted by Gasteiger charge is -2.20.